The Kier molecular flexibility index (Phi) is 15.0. The summed E-state index contributed by atoms with van der Waals surface area (Å²) < 4.78 is 49.3. The lowest BCUT2D eigenvalue weighted by Crippen LogP contribution is -2.67. The predicted octanol–water partition coefficient (Wildman–Crippen LogP) is 4.79. The van der Waals surface area contributed by atoms with E-state index in [1.54, 1.807) is 0 Å². The van der Waals surface area contributed by atoms with Gasteiger partial charge in [-0.2, -0.15) is 0 Å². The predicted molar refractivity (Wildman–Crippen MR) is 193 cm³/mol. The fraction of sp³-hybridized carbons (Fsp3) is 0.622. The van der Waals surface area contributed by atoms with Crippen molar-refractivity contribution in [1.29, 1.82) is 0 Å². The average molecular weight is 760 g/mol. The topological polar surface area (TPSA) is 197 Å². The number of methoxy groups -OCH3 is 1. The van der Waals surface area contributed by atoms with Crippen molar-refractivity contribution >= 4 is 20.3 Å². The number of carbonyl (C=O) groups is 2. The molecule has 2 fully saturated rings. The molecule has 2 aromatic rings. The van der Waals surface area contributed by atoms with Crippen molar-refractivity contribution in [3.05, 3.63) is 82.2 Å². The van der Waals surface area contributed by atoms with E-state index in [0.717, 1.165) is 11.1 Å². The van der Waals surface area contributed by atoms with Gasteiger partial charge in [0.05, 0.1) is 33.0 Å². The maximum atomic E-state index is 13.6. The minimum atomic E-state index is -2.74. The molecule has 0 saturated carbocycles. The molecule has 0 radical (unpaired) electrons. The van der Waals surface area contributed by atoms with Gasteiger partial charge in [0.1, 0.15) is 30.5 Å². The van der Waals surface area contributed by atoms with Crippen LogP contribution in [0, 0.1) is 5.92 Å². The SMILES string of the molecule is COC(=O)[C@@H]1O[C@H](O[Si](C)(C)C(C)(C)C(C)C)[C@H](OC(C)=O)[C@@H](OCc2ccccc2)[C@@H]1O[C@H]1O[C@H](CO)[C@@H](O)[C@H](OCc2ccccc2)[C@H]1N=[N+]=[N-]. The Morgan fingerprint density at radius 1 is 0.925 bits per heavy atom. The number of esters is 2. The minimum Gasteiger partial charge on any atom is -0.467 e. The van der Waals surface area contributed by atoms with Crippen molar-refractivity contribution in [1.82, 2.24) is 0 Å². The van der Waals surface area contributed by atoms with E-state index in [2.05, 4.69) is 37.7 Å². The van der Waals surface area contributed by atoms with E-state index >= 15 is 0 Å². The smallest absolute Gasteiger partial charge is 0.337 e. The number of hydrogen-bond acceptors (Lipinski definition) is 13. The molecule has 2 aromatic carbocycles. The minimum absolute atomic E-state index is 0.00581. The first-order valence-corrected chi connectivity index (χ1v) is 20.6. The standard InChI is InChI=1S/C37H53N3O12Si/c1-22(2)37(4,5)53(7,8)52-36-33(48-23(3)42)30(47-21-25-17-13-10-14-18-25)31(32(51-36)34(44)45-6)50-35-27(39-40-38)29(28(43)26(19-41)49-35)46-20-24-15-11-9-12-16-24/h9-18,22,26-33,35-36,41,43H,19-21H2,1-8H3/t26-,27-,28-,29-,30+,31+,32-,33-,35-,36-/m1/s1. The number of azide groups is 1. The van der Waals surface area contributed by atoms with Gasteiger partial charge in [-0.1, -0.05) is 93.5 Å². The van der Waals surface area contributed by atoms with Gasteiger partial charge in [0.2, 0.25) is 0 Å². The first kappa shape index (κ1) is 42.3. The fourth-order valence-electron chi connectivity index (χ4n) is 6.23. The molecule has 2 heterocycles. The normalized spacial score (nSPS) is 29.3. The Hall–Kier alpha value is -3.41. The second-order valence-corrected chi connectivity index (χ2v) is 19.1. The van der Waals surface area contributed by atoms with Crippen LogP contribution in [0.1, 0.15) is 45.7 Å². The van der Waals surface area contributed by atoms with Crippen LogP contribution in [0.4, 0.5) is 0 Å². The molecular formula is C37H53N3O12Si. The summed E-state index contributed by atoms with van der Waals surface area (Å²) in [4.78, 5) is 29.3. The maximum Gasteiger partial charge on any atom is 0.337 e. The van der Waals surface area contributed by atoms with Crippen LogP contribution in [-0.2, 0) is 60.4 Å². The van der Waals surface area contributed by atoms with E-state index < -0.39 is 88.2 Å². The summed E-state index contributed by atoms with van der Waals surface area (Å²) in [6.45, 7) is 13.0. The number of carbonyl (C=O) groups excluding carboxylic acids is 2. The second-order valence-electron chi connectivity index (χ2n) is 14.6. The Balaban J connectivity index is 1.79. The molecule has 16 heteroatoms. The monoisotopic (exact) mass is 759 g/mol. The van der Waals surface area contributed by atoms with Gasteiger partial charge in [-0.3, -0.25) is 4.79 Å². The van der Waals surface area contributed by atoms with Gasteiger partial charge >= 0.3 is 11.9 Å². The second kappa shape index (κ2) is 18.8. The highest BCUT2D eigenvalue weighted by Gasteiger charge is 2.58. The quantitative estimate of drug-likeness (QED) is 0.0782. The molecule has 10 atom stereocenters. The molecule has 0 unspecified atom stereocenters. The third kappa shape index (κ3) is 10.2. The van der Waals surface area contributed by atoms with Crippen molar-refractivity contribution < 1.29 is 57.4 Å². The number of nitrogens with zero attached hydrogens (tertiary/aromatic N) is 3. The molecule has 2 aliphatic heterocycles. The van der Waals surface area contributed by atoms with Gasteiger partial charge < -0.3 is 47.8 Å². The van der Waals surface area contributed by atoms with E-state index in [1.165, 1.54) is 14.0 Å². The lowest BCUT2D eigenvalue weighted by atomic mass is 9.95. The van der Waals surface area contributed by atoms with Crippen molar-refractivity contribution in [2.45, 2.75) is 127 Å². The molecule has 4 rings (SSSR count). The highest BCUT2D eigenvalue weighted by molar-refractivity contribution is 6.74. The summed E-state index contributed by atoms with van der Waals surface area (Å²) in [5, 5.41) is 25.0. The number of ether oxygens (including phenoxy) is 7. The third-order valence-electron chi connectivity index (χ3n) is 10.5. The third-order valence-corrected chi connectivity index (χ3v) is 15.0. The van der Waals surface area contributed by atoms with Crippen LogP contribution in [0.5, 0.6) is 0 Å². The Morgan fingerprint density at radius 2 is 1.49 bits per heavy atom. The molecule has 0 aliphatic carbocycles. The van der Waals surface area contributed by atoms with Gasteiger partial charge in [0, 0.05) is 11.8 Å². The number of benzene rings is 2. The lowest BCUT2D eigenvalue weighted by molar-refractivity contribution is -0.340. The summed E-state index contributed by atoms with van der Waals surface area (Å²) >= 11 is 0. The van der Waals surface area contributed by atoms with Crippen LogP contribution in [0.3, 0.4) is 0 Å². The summed E-state index contributed by atoms with van der Waals surface area (Å²) in [5.74, 6) is -1.32. The van der Waals surface area contributed by atoms with Crippen LogP contribution in [0.15, 0.2) is 65.8 Å². The Morgan fingerprint density at radius 3 is 1.98 bits per heavy atom. The van der Waals surface area contributed by atoms with Crippen LogP contribution >= 0.6 is 0 Å². The van der Waals surface area contributed by atoms with Crippen LogP contribution in [-0.4, -0.2) is 106 Å². The first-order valence-electron chi connectivity index (χ1n) is 17.7. The van der Waals surface area contributed by atoms with Crippen molar-refractivity contribution in [2.24, 2.45) is 11.0 Å². The zero-order valence-electron chi connectivity index (χ0n) is 31.6. The van der Waals surface area contributed by atoms with Crippen LogP contribution in [0.2, 0.25) is 18.1 Å². The molecule has 0 aromatic heterocycles. The maximum absolute atomic E-state index is 13.6. The van der Waals surface area contributed by atoms with E-state index in [0.29, 0.717) is 0 Å². The van der Waals surface area contributed by atoms with Crippen molar-refractivity contribution in [2.75, 3.05) is 13.7 Å². The van der Waals surface area contributed by atoms with E-state index in [9.17, 15) is 25.3 Å². The van der Waals surface area contributed by atoms with Crippen molar-refractivity contribution in [3.8, 4) is 0 Å². The highest BCUT2D eigenvalue weighted by Crippen LogP contribution is 2.46. The molecule has 2 N–H and O–H groups in total. The molecule has 0 spiro atoms. The molecule has 15 nitrogen and oxygen atoms in total. The largest absolute Gasteiger partial charge is 0.467 e. The Labute approximate surface area is 311 Å². The first-order chi connectivity index (χ1) is 25.1. The van der Waals surface area contributed by atoms with Gasteiger partial charge in [-0.05, 0) is 40.7 Å². The summed E-state index contributed by atoms with van der Waals surface area (Å²) in [7, 11) is -1.55. The summed E-state index contributed by atoms with van der Waals surface area (Å²) in [6.07, 6.45) is -12.2. The van der Waals surface area contributed by atoms with Gasteiger partial charge in [0.15, 0.2) is 33.1 Å². The van der Waals surface area contributed by atoms with Crippen molar-refractivity contribution in [3.63, 3.8) is 0 Å². The highest BCUT2D eigenvalue weighted by atomic mass is 28.4. The molecular weight excluding hydrogens is 707 g/mol. The number of aliphatic hydroxyl groups excluding tert-OH is 2. The number of rotatable bonds is 16. The fourth-order valence-corrected chi connectivity index (χ4v) is 8.70. The molecule has 2 aliphatic rings. The van der Waals surface area contributed by atoms with E-state index in [4.69, 9.17) is 37.6 Å². The van der Waals surface area contributed by atoms with E-state index in [-0.39, 0.29) is 24.2 Å². The van der Waals surface area contributed by atoms with Crippen LogP contribution in [0.25, 0.3) is 10.4 Å². The zero-order chi connectivity index (χ0) is 38.9. The zero-order valence-corrected chi connectivity index (χ0v) is 32.6. The van der Waals surface area contributed by atoms with Gasteiger partial charge in [-0.25, -0.2) is 4.79 Å². The average Bonchev–Trinajstić information content (AvgIpc) is 3.13. The van der Waals surface area contributed by atoms with Gasteiger partial charge in [0.25, 0.3) is 0 Å². The molecule has 0 bridgehead atoms. The van der Waals surface area contributed by atoms with Gasteiger partial charge in [-0.15, -0.1) is 0 Å². The summed E-state index contributed by atoms with van der Waals surface area (Å²) in [6, 6.07) is 17.0. The summed E-state index contributed by atoms with van der Waals surface area (Å²) in [5.41, 5.74) is 11.2. The Bertz CT molecular complexity index is 1530. The number of aliphatic hydroxyl groups is 2. The molecule has 0 amide bonds. The lowest BCUT2D eigenvalue weighted by Gasteiger charge is -2.50. The molecule has 2 saturated heterocycles. The van der Waals surface area contributed by atoms with Crippen LogP contribution < -0.4 is 0 Å². The molecule has 53 heavy (non-hydrogen) atoms. The number of hydrogen-bond donors (Lipinski definition) is 2. The molecule has 292 valence electrons. The van der Waals surface area contributed by atoms with E-state index in [1.807, 2.05) is 73.8 Å².